The predicted molar refractivity (Wildman–Crippen MR) is 105 cm³/mol. The topological polar surface area (TPSA) is 35.2 Å². The normalized spacial score (nSPS) is 12.8. The van der Waals surface area contributed by atoms with Gasteiger partial charge in [0.05, 0.1) is 12.7 Å². The summed E-state index contributed by atoms with van der Waals surface area (Å²) in [6, 6.07) is 28.6. The summed E-state index contributed by atoms with van der Waals surface area (Å²) in [6.45, 7) is 2.62. The Morgan fingerprint density at radius 3 is 2.04 bits per heavy atom. The van der Waals surface area contributed by atoms with Crippen molar-refractivity contribution in [3.8, 4) is 0 Å². The van der Waals surface area contributed by atoms with Crippen molar-refractivity contribution in [2.75, 3.05) is 12.3 Å². The number of anilines is 1. The fourth-order valence-electron chi connectivity index (χ4n) is 2.78. The summed E-state index contributed by atoms with van der Waals surface area (Å²) in [5.41, 5.74) is 11.2. The summed E-state index contributed by atoms with van der Waals surface area (Å²) in [5, 5.41) is 0. The molecule has 0 aliphatic carbocycles. The van der Waals surface area contributed by atoms with Crippen LogP contribution in [0.25, 0.3) is 5.57 Å². The third-order valence-corrected chi connectivity index (χ3v) is 4.21. The Balaban J connectivity index is 1.79. The van der Waals surface area contributed by atoms with Gasteiger partial charge in [-0.25, -0.2) is 0 Å². The number of rotatable bonds is 6. The highest BCUT2D eigenvalue weighted by Crippen LogP contribution is 2.25. The van der Waals surface area contributed by atoms with Gasteiger partial charge in [-0.2, -0.15) is 0 Å². The number of nitrogen functional groups attached to an aromatic ring is 1. The van der Waals surface area contributed by atoms with Crippen molar-refractivity contribution in [1.29, 1.82) is 0 Å². The van der Waals surface area contributed by atoms with Gasteiger partial charge in [0, 0.05) is 5.69 Å². The summed E-state index contributed by atoms with van der Waals surface area (Å²) in [6.07, 6.45) is 2.20. The summed E-state index contributed by atoms with van der Waals surface area (Å²) in [4.78, 5) is 0. The van der Waals surface area contributed by atoms with E-state index in [1.807, 2.05) is 48.5 Å². The van der Waals surface area contributed by atoms with E-state index in [4.69, 9.17) is 10.5 Å². The van der Waals surface area contributed by atoms with E-state index in [9.17, 15) is 0 Å². The Bertz CT molecular complexity index is 808. The van der Waals surface area contributed by atoms with Gasteiger partial charge in [0.1, 0.15) is 0 Å². The second-order valence-electron chi connectivity index (χ2n) is 5.99. The van der Waals surface area contributed by atoms with E-state index in [1.54, 1.807) is 0 Å². The van der Waals surface area contributed by atoms with Crippen LogP contribution in [0.3, 0.4) is 0 Å². The number of ether oxygens (including phenoxy) is 1. The van der Waals surface area contributed by atoms with E-state index in [0.717, 1.165) is 16.8 Å². The molecule has 2 nitrogen and oxygen atoms in total. The van der Waals surface area contributed by atoms with Crippen LogP contribution in [-0.2, 0) is 4.74 Å². The molecule has 2 heteroatoms. The number of benzene rings is 3. The van der Waals surface area contributed by atoms with E-state index < -0.39 is 0 Å². The molecule has 0 aromatic heterocycles. The molecule has 2 N–H and O–H groups in total. The Labute approximate surface area is 149 Å². The van der Waals surface area contributed by atoms with Crippen LogP contribution < -0.4 is 5.73 Å². The van der Waals surface area contributed by atoms with Crippen molar-refractivity contribution >= 4 is 11.3 Å². The number of hydrogen-bond acceptors (Lipinski definition) is 2. The third kappa shape index (κ3) is 4.59. The van der Waals surface area contributed by atoms with Crippen molar-refractivity contribution in [3.63, 3.8) is 0 Å². The molecule has 0 spiro atoms. The molecule has 0 radical (unpaired) electrons. The summed E-state index contributed by atoms with van der Waals surface area (Å²) < 4.78 is 6.02. The van der Waals surface area contributed by atoms with Gasteiger partial charge in [0.15, 0.2) is 0 Å². The zero-order valence-electron chi connectivity index (χ0n) is 14.4. The third-order valence-electron chi connectivity index (χ3n) is 4.21. The lowest BCUT2D eigenvalue weighted by Gasteiger charge is -2.14. The van der Waals surface area contributed by atoms with Gasteiger partial charge < -0.3 is 10.5 Å². The highest BCUT2D eigenvalue weighted by Gasteiger charge is 2.07. The molecule has 0 unspecified atom stereocenters. The minimum absolute atomic E-state index is 0.0564. The van der Waals surface area contributed by atoms with Crippen molar-refractivity contribution in [1.82, 2.24) is 0 Å². The van der Waals surface area contributed by atoms with Crippen LogP contribution in [0.15, 0.2) is 91.0 Å². The largest absolute Gasteiger partial charge is 0.399 e. The van der Waals surface area contributed by atoms with E-state index in [-0.39, 0.29) is 6.10 Å². The molecule has 3 rings (SSSR count). The molecule has 0 aliphatic heterocycles. The zero-order chi connectivity index (χ0) is 17.5. The molecule has 0 aliphatic rings. The zero-order valence-corrected chi connectivity index (χ0v) is 14.4. The number of nitrogens with two attached hydrogens (primary N) is 1. The standard InChI is InChI=1S/C23H23NO/c1-18(19-8-4-2-5-9-19)25-17-16-23(20-10-6-3-7-11-20)21-12-14-22(24)15-13-21/h2-16,18H,17,24H2,1H3/b23-16-/t18-/m1/s1. The maximum Gasteiger partial charge on any atom is 0.0801 e. The first kappa shape index (κ1) is 17.0. The monoisotopic (exact) mass is 329 g/mol. The van der Waals surface area contributed by atoms with Gasteiger partial charge in [0.2, 0.25) is 0 Å². The summed E-state index contributed by atoms with van der Waals surface area (Å²) in [5.74, 6) is 0. The second-order valence-corrected chi connectivity index (χ2v) is 5.99. The molecule has 25 heavy (non-hydrogen) atoms. The Hall–Kier alpha value is -2.84. The van der Waals surface area contributed by atoms with E-state index in [1.165, 1.54) is 11.1 Å². The highest BCUT2D eigenvalue weighted by molar-refractivity contribution is 5.80. The van der Waals surface area contributed by atoms with Gasteiger partial charge in [-0.05, 0) is 41.3 Å². The molecule has 0 fully saturated rings. The first-order valence-corrected chi connectivity index (χ1v) is 8.52. The quantitative estimate of drug-likeness (QED) is 0.608. The average molecular weight is 329 g/mol. The maximum atomic E-state index is 6.02. The second kappa shape index (κ2) is 8.32. The molecule has 1 atom stereocenters. The molecule has 3 aromatic rings. The first-order chi connectivity index (χ1) is 12.2. The summed E-state index contributed by atoms with van der Waals surface area (Å²) >= 11 is 0. The van der Waals surface area contributed by atoms with Crippen molar-refractivity contribution in [2.45, 2.75) is 13.0 Å². The lowest BCUT2D eigenvalue weighted by molar-refractivity contribution is 0.0888. The highest BCUT2D eigenvalue weighted by atomic mass is 16.5. The maximum absolute atomic E-state index is 6.02. The van der Waals surface area contributed by atoms with Crippen molar-refractivity contribution < 1.29 is 4.74 Å². The van der Waals surface area contributed by atoms with Crippen LogP contribution in [-0.4, -0.2) is 6.61 Å². The molecular formula is C23H23NO. The number of hydrogen-bond donors (Lipinski definition) is 1. The Kier molecular flexibility index (Phi) is 5.65. The average Bonchev–Trinajstić information content (AvgIpc) is 2.67. The Morgan fingerprint density at radius 2 is 1.40 bits per heavy atom. The molecule has 126 valence electrons. The molecule has 0 amide bonds. The van der Waals surface area contributed by atoms with Crippen LogP contribution in [0, 0.1) is 0 Å². The van der Waals surface area contributed by atoms with Crippen LogP contribution in [0.2, 0.25) is 0 Å². The fraction of sp³-hybridized carbons (Fsp3) is 0.130. The first-order valence-electron chi connectivity index (χ1n) is 8.52. The smallest absolute Gasteiger partial charge is 0.0801 e. The fourth-order valence-corrected chi connectivity index (χ4v) is 2.78. The SMILES string of the molecule is C[C@@H](OC/C=C(/c1ccccc1)c1ccc(N)cc1)c1ccccc1. The van der Waals surface area contributed by atoms with Gasteiger partial charge in [0.25, 0.3) is 0 Å². The lowest BCUT2D eigenvalue weighted by atomic mass is 9.97. The van der Waals surface area contributed by atoms with E-state index >= 15 is 0 Å². The molecule has 3 aromatic carbocycles. The predicted octanol–water partition coefficient (Wildman–Crippen LogP) is 5.48. The van der Waals surface area contributed by atoms with E-state index in [0.29, 0.717) is 6.61 Å². The Morgan fingerprint density at radius 1 is 0.840 bits per heavy atom. The van der Waals surface area contributed by atoms with Crippen LogP contribution >= 0.6 is 0 Å². The van der Waals surface area contributed by atoms with Crippen molar-refractivity contribution in [3.05, 3.63) is 108 Å². The molecule has 0 saturated heterocycles. The van der Waals surface area contributed by atoms with Crippen LogP contribution in [0.5, 0.6) is 0 Å². The van der Waals surface area contributed by atoms with Gasteiger partial charge in [-0.15, -0.1) is 0 Å². The van der Waals surface area contributed by atoms with Gasteiger partial charge >= 0.3 is 0 Å². The van der Waals surface area contributed by atoms with E-state index in [2.05, 4.69) is 49.4 Å². The van der Waals surface area contributed by atoms with Crippen molar-refractivity contribution in [2.24, 2.45) is 0 Å². The minimum Gasteiger partial charge on any atom is -0.399 e. The minimum atomic E-state index is 0.0564. The molecular weight excluding hydrogens is 306 g/mol. The van der Waals surface area contributed by atoms with Crippen LogP contribution in [0.4, 0.5) is 5.69 Å². The van der Waals surface area contributed by atoms with Gasteiger partial charge in [-0.3, -0.25) is 0 Å². The summed E-state index contributed by atoms with van der Waals surface area (Å²) in [7, 11) is 0. The van der Waals surface area contributed by atoms with Gasteiger partial charge in [-0.1, -0.05) is 78.9 Å². The molecule has 0 bridgehead atoms. The lowest BCUT2D eigenvalue weighted by Crippen LogP contribution is -2.01. The molecule has 0 heterocycles. The van der Waals surface area contributed by atoms with Crippen LogP contribution in [0.1, 0.15) is 29.7 Å². The molecule has 0 saturated carbocycles.